The number of rotatable bonds is 4. The molecule has 1 atom stereocenters. The van der Waals surface area contributed by atoms with E-state index in [-0.39, 0.29) is 0 Å². The van der Waals surface area contributed by atoms with Crippen LogP contribution >= 0.6 is 0 Å². The number of aliphatic hydroxyl groups is 1. The first-order chi connectivity index (χ1) is 5.07. The van der Waals surface area contributed by atoms with Crippen LogP contribution < -0.4 is 0 Å². The first-order valence-corrected chi connectivity index (χ1v) is 3.70. The molecule has 0 heterocycles. The van der Waals surface area contributed by atoms with Gasteiger partial charge in [0.25, 0.3) is 0 Å². The van der Waals surface area contributed by atoms with Crippen LogP contribution in [-0.4, -0.2) is 11.2 Å². The van der Waals surface area contributed by atoms with E-state index in [1.54, 1.807) is 6.08 Å². The van der Waals surface area contributed by atoms with E-state index in [1.165, 1.54) is 0 Å². The molecule has 0 aliphatic carbocycles. The predicted molar refractivity (Wildman–Crippen MR) is 49.4 cm³/mol. The normalized spacial score (nSPS) is 14.3. The van der Waals surface area contributed by atoms with Crippen LogP contribution in [0, 0.1) is 0 Å². The highest BCUT2D eigenvalue weighted by Crippen LogP contribution is 2.05. The Morgan fingerprint density at radius 3 is 2.45 bits per heavy atom. The van der Waals surface area contributed by atoms with Crippen LogP contribution in [-0.2, 0) is 0 Å². The molecule has 0 aromatic rings. The molecule has 0 unspecified atom stereocenters. The molecule has 0 saturated heterocycles. The second-order valence-corrected chi connectivity index (χ2v) is 2.75. The SMILES string of the molecule is C=C/C(C)=C\C[C@H](O)C(=C)C. The van der Waals surface area contributed by atoms with Gasteiger partial charge in [0.1, 0.15) is 0 Å². The maximum Gasteiger partial charge on any atom is 0.0779 e. The summed E-state index contributed by atoms with van der Waals surface area (Å²) in [5.41, 5.74) is 1.89. The van der Waals surface area contributed by atoms with Crippen molar-refractivity contribution in [2.45, 2.75) is 26.4 Å². The summed E-state index contributed by atoms with van der Waals surface area (Å²) in [5.74, 6) is 0. The number of hydrogen-bond donors (Lipinski definition) is 1. The Hall–Kier alpha value is -0.820. The summed E-state index contributed by atoms with van der Waals surface area (Å²) in [4.78, 5) is 0. The molecular weight excluding hydrogens is 136 g/mol. The highest BCUT2D eigenvalue weighted by molar-refractivity contribution is 5.14. The highest BCUT2D eigenvalue weighted by atomic mass is 16.3. The van der Waals surface area contributed by atoms with Gasteiger partial charge in [-0.15, -0.1) is 0 Å². The van der Waals surface area contributed by atoms with Crippen molar-refractivity contribution in [3.63, 3.8) is 0 Å². The van der Waals surface area contributed by atoms with E-state index >= 15 is 0 Å². The zero-order valence-corrected chi connectivity index (χ0v) is 7.30. The molecule has 0 bridgehead atoms. The van der Waals surface area contributed by atoms with Gasteiger partial charge in [0.2, 0.25) is 0 Å². The van der Waals surface area contributed by atoms with Crippen molar-refractivity contribution in [3.05, 3.63) is 36.5 Å². The van der Waals surface area contributed by atoms with Crippen molar-refractivity contribution in [3.8, 4) is 0 Å². The molecule has 0 aliphatic heterocycles. The van der Waals surface area contributed by atoms with E-state index in [1.807, 2.05) is 19.9 Å². The van der Waals surface area contributed by atoms with Crippen LogP contribution in [0.4, 0.5) is 0 Å². The lowest BCUT2D eigenvalue weighted by Crippen LogP contribution is -2.04. The Morgan fingerprint density at radius 2 is 2.09 bits per heavy atom. The molecule has 0 aromatic heterocycles. The molecule has 0 amide bonds. The minimum Gasteiger partial charge on any atom is -0.388 e. The van der Waals surface area contributed by atoms with Gasteiger partial charge in [0, 0.05) is 0 Å². The summed E-state index contributed by atoms with van der Waals surface area (Å²) in [6.45, 7) is 11.0. The van der Waals surface area contributed by atoms with E-state index in [0.29, 0.717) is 6.42 Å². The van der Waals surface area contributed by atoms with Crippen LogP contribution in [0.2, 0.25) is 0 Å². The van der Waals surface area contributed by atoms with E-state index < -0.39 is 6.10 Å². The van der Waals surface area contributed by atoms with Gasteiger partial charge in [-0.05, 0) is 20.3 Å². The second kappa shape index (κ2) is 4.91. The van der Waals surface area contributed by atoms with Crippen molar-refractivity contribution in [2.24, 2.45) is 0 Å². The lowest BCUT2D eigenvalue weighted by atomic mass is 10.1. The molecular formula is C10H16O. The lowest BCUT2D eigenvalue weighted by Gasteiger charge is -2.06. The maximum absolute atomic E-state index is 9.29. The molecule has 1 N–H and O–H groups in total. The first-order valence-electron chi connectivity index (χ1n) is 3.70. The van der Waals surface area contributed by atoms with Crippen molar-refractivity contribution >= 4 is 0 Å². The summed E-state index contributed by atoms with van der Waals surface area (Å²) in [6.07, 6.45) is 3.94. The minimum atomic E-state index is -0.412. The van der Waals surface area contributed by atoms with Gasteiger partial charge in [-0.3, -0.25) is 0 Å². The van der Waals surface area contributed by atoms with E-state index in [9.17, 15) is 5.11 Å². The van der Waals surface area contributed by atoms with Crippen LogP contribution in [0.15, 0.2) is 36.5 Å². The van der Waals surface area contributed by atoms with Crippen LogP contribution in [0.1, 0.15) is 20.3 Å². The van der Waals surface area contributed by atoms with E-state index in [4.69, 9.17) is 0 Å². The monoisotopic (exact) mass is 152 g/mol. The number of allylic oxidation sites excluding steroid dienone is 2. The number of aliphatic hydroxyl groups excluding tert-OH is 1. The minimum absolute atomic E-state index is 0.412. The standard InChI is InChI=1S/C10H16O/c1-5-9(4)6-7-10(11)8(2)3/h5-6,10-11H,1-2,7H2,3-4H3/b9-6-/t10-/m0/s1. The molecule has 0 aromatic carbocycles. The maximum atomic E-state index is 9.29. The Morgan fingerprint density at radius 1 is 1.55 bits per heavy atom. The third-order valence-electron chi connectivity index (χ3n) is 1.55. The summed E-state index contributed by atoms with van der Waals surface area (Å²) >= 11 is 0. The second-order valence-electron chi connectivity index (χ2n) is 2.75. The smallest absolute Gasteiger partial charge is 0.0779 e. The van der Waals surface area contributed by atoms with Gasteiger partial charge < -0.3 is 5.11 Å². The fourth-order valence-electron chi connectivity index (χ4n) is 0.582. The molecule has 0 spiro atoms. The Kier molecular flexibility index (Phi) is 4.55. The largest absolute Gasteiger partial charge is 0.388 e. The van der Waals surface area contributed by atoms with Gasteiger partial charge in [-0.2, -0.15) is 0 Å². The number of hydrogen-bond acceptors (Lipinski definition) is 1. The third kappa shape index (κ3) is 4.57. The third-order valence-corrected chi connectivity index (χ3v) is 1.55. The van der Waals surface area contributed by atoms with Crippen LogP contribution in [0.3, 0.4) is 0 Å². The molecule has 0 saturated carbocycles. The summed E-state index contributed by atoms with van der Waals surface area (Å²) in [6, 6.07) is 0. The van der Waals surface area contributed by atoms with Gasteiger partial charge in [-0.1, -0.05) is 36.5 Å². The fourth-order valence-corrected chi connectivity index (χ4v) is 0.582. The van der Waals surface area contributed by atoms with E-state index in [0.717, 1.165) is 11.1 Å². The van der Waals surface area contributed by atoms with Crippen molar-refractivity contribution in [2.75, 3.05) is 0 Å². The molecule has 0 rings (SSSR count). The fraction of sp³-hybridized carbons (Fsp3) is 0.400. The van der Waals surface area contributed by atoms with Gasteiger partial charge in [0.15, 0.2) is 0 Å². The van der Waals surface area contributed by atoms with Crippen molar-refractivity contribution in [1.82, 2.24) is 0 Å². The Bertz CT molecular complexity index is 177. The van der Waals surface area contributed by atoms with E-state index in [2.05, 4.69) is 13.2 Å². The quantitative estimate of drug-likeness (QED) is 0.484. The van der Waals surface area contributed by atoms with Gasteiger partial charge >= 0.3 is 0 Å². The lowest BCUT2D eigenvalue weighted by molar-refractivity contribution is 0.215. The Labute approximate surface area is 68.7 Å². The zero-order valence-electron chi connectivity index (χ0n) is 7.30. The summed E-state index contributed by atoms with van der Waals surface area (Å²) in [5, 5.41) is 9.29. The molecule has 11 heavy (non-hydrogen) atoms. The van der Waals surface area contributed by atoms with Gasteiger partial charge in [0.05, 0.1) is 6.10 Å². The average Bonchev–Trinajstić information content (AvgIpc) is 1.99. The highest BCUT2D eigenvalue weighted by Gasteiger charge is 2.00. The molecule has 1 nitrogen and oxygen atoms in total. The van der Waals surface area contributed by atoms with Gasteiger partial charge in [-0.25, -0.2) is 0 Å². The average molecular weight is 152 g/mol. The van der Waals surface area contributed by atoms with Crippen molar-refractivity contribution < 1.29 is 5.11 Å². The summed E-state index contributed by atoms with van der Waals surface area (Å²) < 4.78 is 0. The van der Waals surface area contributed by atoms with Crippen LogP contribution in [0.25, 0.3) is 0 Å². The molecule has 0 aliphatic rings. The van der Waals surface area contributed by atoms with Crippen LogP contribution in [0.5, 0.6) is 0 Å². The zero-order chi connectivity index (χ0) is 8.85. The first kappa shape index (κ1) is 10.2. The topological polar surface area (TPSA) is 20.2 Å². The predicted octanol–water partition coefficient (Wildman–Crippen LogP) is 2.45. The molecule has 62 valence electrons. The molecule has 0 radical (unpaired) electrons. The Balaban J connectivity index is 3.87. The summed E-state index contributed by atoms with van der Waals surface area (Å²) in [7, 11) is 0. The molecule has 0 fully saturated rings. The molecule has 1 heteroatoms. The van der Waals surface area contributed by atoms with Crippen molar-refractivity contribution in [1.29, 1.82) is 0 Å².